The summed E-state index contributed by atoms with van der Waals surface area (Å²) in [5.41, 5.74) is 4.91. The Labute approximate surface area is 108 Å². The lowest BCUT2D eigenvalue weighted by Crippen LogP contribution is -2.52. The second-order valence-corrected chi connectivity index (χ2v) is 4.86. The van der Waals surface area contributed by atoms with Crippen LogP contribution in [0.15, 0.2) is 12.7 Å². The molecule has 0 aliphatic heterocycles. The van der Waals surface area contributed by atoms with E-state index in [4.69, 9.17) is 10.3 Å². The van der Waals surface area contributed by atoms with Crippen LogP contribution in [0.1, 0.15) is 19.8 Å². The minimum absolute atomic E-state index is 0.168. The maximum Gasteiger partial charge on any atom is 0.434 e. The van der Waals surface area contributed by atoms with Crippen molar-refractivity contribution in [1.29, 1.82) is 0 Å². The molecule has 0 heterocycles. The molecule has 116 valence electrons. The van der Waals surface area contributed by atoms with Gasteiger partial charge in [-0.1, -0.05) is 19.4 Å². The number of nitrogens with two attached hydrogens (primary N) is 1. The van der Waals surface area contributed by atoms with Gasteiger partial charge in [-0.15, -0.1) is 6.58 Å². The van der Waals surface area contributed by atoms with E-state index >= 15 is 0 Å². The third-order valence-electron chi connectivity index (χ3n) is 1.81. The number of rotatable bonds is 6. The third-order valence-corrected chi connectivity index (χ3v) is 2.73. The summed E-state index contributed by atoms with van der Waals surface area (Å²) in [5, 5.41) is -5.82. The summed E-state index contributed by atoms with van der Waals surface area (Å²) in [7, 11) is -6.35. The van der Waals surface area contributed by atoms with Gasteiger partial charge < -0.3 is 5.73 Å². The van der Waals surface area contributed by atoms with E-state index in [-0.39, 0.29) is 6.42 Å². The summed E-state index contributed by atoms with van der Waals surface area (Å²) in [6, 6.07) is 0. The van der Waals surface area contributed by atoms with Crippen LogP contribution in [0.5, 0.6) is 0 Å². The molecule has 0 bridgehead atoms. The van der Waals surface area contributed by atoms with Crippen molar-refractivity contribution in [2.45, 2.75) is 37.1 Å². The highest BCUT2D eigenvalue weighted by atomic mass is 32.2. The number of hydrogen-bond donors (Lipinski definition) is 2. The fourth-order valence-electron chi connectivity index (χ4n) is 0.789. The van der Waals surface area contributed by atoms with Gasteiger partial charge in [0, 0.05) is 6.54 Å². The molecule has 1 unspecified atom stereocenters. The quantitative estimate of drug-likeness (QED) is 0.448. The first-order valence-corrected chi connectivity index (χ1v) is 6.51. The van der Waals surface area contributed by atoms with Gasteiger partial charge in [0.1, 0.15) is 0 Å². The Balaban J connectivity index is 0. The molecule has 0 saturated carbocycles. The van der Waals surface area contributed by atoms with Gasteiger partial charge in [0.15, 0.2) is 6.17 Å². The largest absolute Gasteiger partial charge is 0.434 e. The Hall–Kier alpha value is -0.740. The van der Waals surface area contributed by atoms with Crippen molar-refractivity contribution in [2.75, 3.05) is 6.54 Å². The summed E-state index contributed by atoms with van der Waals surface area (Å²) < 4.78 is 90.5. The van der Waals surface area contributed by atoms with Crippen molar-refractivity contribution in [3.8, 4) is 0 Å². The van der Waals surface area contributed by atoms with Gasteiger partial charge >= 0.3 is 21.3 Å². The molecular weight excluding hydrogens is 297 g/mol. The van der Waals surface area contributed by atoms with Crippen molar-refractivity contribution >= 4 is 10.1 Å². The van der Waals surface area contributed by atoms with Gasteiger partial charge in [-0.2, -0.15) is 26.0 Å². The van der Waals surface area contributed by atoms with Crippen LogP contribution in [0.25, 0.3) is 0 Å². The van der Waals surface area contributed by atoms with E-state index in [1.807, 2.05) is 0 Å². The molecule has 0 rings (SSSR count). The van der Waals surface area contributed by atoms with E-state index in [2.05, 4.69) is 6.58 Å². The normalized spacial score (nSPS) is 14.3. The van der Waals surface area contributed by atoms with Crippen molar-refractivity contribution in [3.05, 3.63) is 12.7 Å². The fourth-order valence-corrected chi connectivity index (χ4v) is 1.26. The molecule has 10 heteroatoms. The van der Waals surface area contributed by atoms with Crippen molar-refractivity contribution < 1.29 is 34.9 Å². The molecule has 0 saturated heterocycles. The predicted octanol–water partition coefficient (Wildman–Crippen LogP) is 2.37. The van der Waals surface area contributed by atoms with Crippen LogP contribution < -0.4 is 5.73 Å². The zero-order valence-corrected chi connectivity index (χ0v) is 10.9. The Morgan fingerprint density at radius 1 is 1.37 bits per heavy atom. The molecule has 3 N–H and O–H groups in total. The zero-order chi connectivity index (χ0) is 15.9. The molecular formula is C9H16F5NO3S. The maximum atomic E-state index is 12.6. The van der Waals surface area contributed by atoms with E-state index in [9.17, 15) is 30.4 Å². The van der Waals surface area contributed by atoms with Crippen LogP contribution in [0.4, 0.5) is 22.0 Å². The fraction of sp³-hybridized carbons (Fsp3) is 0.778. The number of hydrogen-bond acceptors (Lipinski definition) is 3. The third kappa shape index (κ3) is 5.41. The van der Waals surface area contributed by atoms with Crippen LogP contribution in [0.3, 0.4) is 0 Å². The predicted molar refractivity (Wildman–Crippen MR) is 60.5 cm³/mol. The van der Waals surface area contributed by atoms with Crippen molar-refractivity contribution in [2.24, 2.45) is 5.73 Å². The standard InChI is InChI=1S/C6H9F5O3S.C3H7N/c1-2-3-4(7)5(8,9)6(10,11)15(12,13)14;1-2-3-4/h4H,2-3H2,1H3,(H,12,13,14);2H,1,3-4H2. The minimum atomic E-state index is -6.35. The first-order valence-electron chi connectivity index (χ1n) is 5.07. The van der Waals surface area contributed by atoms with Crippen molar-refractivity contribution in [1.82, 2.24) is 0 Å². The van der Waals surface area contributed by atoms with Crippen LogP contribution in [-0.2, 0) is 10.1 Å². The molecule has 19 heavy (non-hydrogen) atoms. The van der Waals surface area contributed by atoms with Gasteiger partial charge in [-0.25, -0.2) is 4.39 Å². The molecule has 1 atom stereocenters. The van der Waals surface area contributed by atoms with E-state index in [0.29, 0.717) is 6.54 Å². The second kappa shape index (κ2) is 7.75. The Bertz CT molecular complexity index is 372. The molecule has 0 aromatic heterocycles. The highest BCUT2D eigenvalue weighted by molar-refractivity contribution is 7.87. The van der Waals surface area contributed by atoms with E-state index < -0.39 is 33.9 Å². The molecule has 4 nitrogen and oxygen atoms in total. The lowest BCUT2D eigenvalue weighted by atomic mass is 10.1. The molecule has 0 aromatic carbocycles. The zero-order valence-electron chi connectivity index (χ0n) is 10.1. The van der Waals surface area contributed by atoms with Crippen LogP contribution in [0, 0.1) is 0 Å². The summed E-state index contributed by atoms with van der Waals surface area (Å²) in [4.78, 5) is 0. The van der Waals surface area contributed by atoms with E-state index in [1.54, 1.807) is 6.08 Å². The van der Waals surface area contributed by atoms with Crippen LogP contribution in [-0.4, -0.2) is 36.9 Å². The lowest BCUT2D eigenvalue weighted by molar-refractivity contribution is -0.198. The second-order valence-electron chi connectivity index (χ2n) is 3.40. The van der Waals surface area contributed by atoms with Gasteiger partial charge in [-0.3, -0.25) is 4.55 Å². The number of alkyl halides is 5. The molecule has 0 aromatic rings. The first kappa shape index (κ1) is 20.6. The average molecular weight is 313 g/mol. The summed E-state index contributed by atoms with van der Waals surface area (Å²) in [6.45, 7) is 5.20. The topological polar surface area (TPSA) is 80.4 Å². The smallest absolute Gasteiger partial charge is 0.327 e. The molecule has 0 spiro atoms. The molecule has 0 aliphatic carbocycles. The lowest BCUT2D eigenvalue weighted by Gasteiger charge is -2.26. The van der Waals surface area contributed by atoms with Gasteiger partial charge in [0.05, 0.1) is 0 Å². The Morgan fingerprint density at radius 2 is 1.74 bits per heavy atom. The average Bonchev–Trinajstić information content (AvgIpc) is 2.28. The van der Waals surface area contributed by atoms with Gasteiger partial charge in [-0.05, 0) is 6.42 Å². The molecule has 0 aliphatic rings. The van der Waals surface area contributed by atoms with E-state index in [1.165, 1.54) is 6.92 Å². The van der Waals surface area contributed by atoms with E-state index in [0.717, 1.165) is 0 Å². The minimum Gasteiger partial charge on any atom is -0.327 e. The maximum absolute atomic E-state index is 12.6. The van der Waals surface area contributed by atoms with Crippen LogP contribution in [0.2, 0.25) is 0 Å². The molecule has 0 amide bonds. The van der Waals surface area contributed by atoms with Crippen molar-refractivity contribution in [3.63, 3.8) is 0 Å². The first-order chi connectivity index (χ1) is 8.40. The SMILES string of the molecule is C=CCN.CCCC(F)C(F)(F)C(F)(F)S(=O)(=O)O. The van der Waals surface area contributed by atoms with Crippen LogP contribution >= 0.6 is 0 Å². The molecule has 0 fully saturated rings. The monoisotopic (exact) mass is 313 g/mol. The van der Waals surface area contributed by atoms with Gasteiger partial charge in [0.25, 0.3) is 0 Å². The molecule has 0 radical (unpaired) electrons. The van der Waals surface area contributed by atoms with Gasteiger partial charge in [0.2, 0.25) is 0 Å². The summed E-state index contributed by atoms with van der Waals surface area (Å²) >= 11 is 0. The summed E-state index contributed by atoms with van der Waals surface area (Å²) in [5.74, 6) is -5.45. The Morgan fingerprint density at radius 3 is 1.95 bits per heavy atom. The summed E-state index contributed by atoms with van der Waals surface area (Å²) in [6.07, 6.45) is -2.78. The number of halogens is 5. The highest BCUT2D eigenvalue weighted by Crippen LogP contribution is 2.42. The Kier molecular flexibility index (Phi) is 8.40. The highest BCUT2D eigenvalue weighted by Gasteiger charge is 2.69.